The molecule has 3 aromatic rings. The van der Waals surface area contributed by atoms with Gasteiger partial charge in [-0.3, -0.25) is 9.36 Å². The topological polar surface area (TPSA) is 79.9 Å². The van der Waals surface area contributed by atoms with Crippen molar-refractivity contribution in [3.05, 3.63) is 97.7 Å². The molecule has 30 heavy (non-hydrogen) atoms. The van der Waals surface area contributed by atoms with Crippen molar-refractivity contribution in [2.24, 2.45) is 0 Å². The number of benzene rings is 2. The van der Waals surface area contributed by atoms with Gasteiger partial charge in [0.15, 0.2) is 4.91 Å². The van der Waals surface area contributed by atoms with Crippen molar-refractivity contribution >= 4 is 32.2 Å². The third-order valence-corrected chi connectivity index (χ3v) is 7.26. The molecule has 0 aliphatic carbocycles. The first-order valence-electron chi connectivity index (χ1n) is 8.82. The van der Waals surface area contributed by atoms with Crippen LogP contribution in [-0.2, 0) is 16.4 Å². The Morgan fingerprint density at radius 1 is 1.20 bits per heavy atom. The number of aromatic nitrogens is 1. The Morgan fingerprint density at radius 3 is 2.40 bits per heavy atom. The summed E-state index contributed by atoms with van der Waals surface area (Å²) in [5.41, 5.74) is 1.00. The lowest BCUT2D eigenvalue weighted by Crippen LogP contribution is -2.32. The minimum absolute atomic E-state index is 0.0244. The van der Waals surface area contributed by atoms with Gasteiger partial charge >= 0.3 is 0 Å². The van der Waals surface area contributed by atoms with Gasteiger partial charge in [-0.25, -0.2) is 12.8 Å². The molecular formula is C22H17FN2O3S2. The zero-order valence-electron chi connectivity index (χ0n) is 16.0. The van der Waals surface area contributed by atoms with Gasteiger partial charge in [-0.1, -0.05) is 35.9 Å². The molecule has 0 radical (unpaired) electrons. The maximum atomic E-state index is 13.1. The first-order valence-corrected chi connectivity index (χ1v) is 11.1. The van der Waals surface area contributed by atoms with E-state index in [-0.39, 0.29) is 20.6 Å². The third kappa shape index (κ3) is 4.17. The summed E-state index contributed by atoms with van der Waals surface area (Å²) in [6.45, 7) is 5.47. The van der Waals surface area contributed by atoms with E-state index in [4.69, 9.17) is 0 Å². The van der Waals surface area contributed by atoms with Crippen molar-refractivity contribution < 1.29 is 12.8 Å². The standard InChI is InChI=1S/C22H17FN2O3S2/c1-3-12-25-21(26)19(13-16-6-8-17(23)9-7-16)29-22(25)20(14-24)30(27,28)18-10-4-15(2)5-11-18/h3-11,13H,1,12H2,2H3/b19-13-,22-20+. The van der Waals surface area contributed by atoms with Crippen LogP contribution in [0.4, 0.5) is 4.39 Å². The van der Waals surface area contributed by atoms with Gasteiger partial charge in [-0.2, -0.15) is 5.26 Å². The number of aryl methyl sites for hydroxylation is 1. The number of sulfone groups is 1. The monoisotopic (exact) mass is 440 g/mol. The number of nitrogens with zero attached hydrogens (tertiary/aromatic N) is 2. The van der Waals surface area contributed by atoms with E-state index in [0.717, 1.165) is 16.9 Å². The van der Waals surface area contributed by atoms with Crippen molar-refractivity contribution in [2.75, 3.05) is 0 Å². The molecule has 0 N–H and O–H groups in total. The molecule has 0 spiro atoms. The molecule has 0 bridgehead atoms. The van der Waals surface area contributed by atoms with Crippen LogP contribution in [0.2, 0.25) is 0 Å². The van der Waals surface area contributed by atoms with Gasteiger partial charge in [0.05, 0.1) is 9.43 Å². The molecule has 8 heteroatoms. The molecule has 2 aromatic carbocycles. The minimum atomic E-state index is -4.14. The molecule has 0 atom stereocenters. The van der Waals surface area contributed by atoms with E-state index in [1.54, 1.807) is 18.2 Å². The van der Waals surface area contributed by atoms with Crippen LogP contribution in [0, 0.1) is 24.1 Å². The number of thiazole rings is 1. The molecule has 0 aliphatic heterocycles. The normalized spacial score (nSPS) is 13.0. The van der Waals surface area contributed by atoms with E-state index in [1.807, 2.05) is 6.92 Å². The smallest absolute Gasteiger partial charge is 0.269 e. The van der Waals surface area contributed by atoms with Crippen molar-refractivity contribution in [3.8, 4) is 6.07 Å². The Balaban J connectivity index is 2.34. The number of halogens is 1. The summed E-state index contributed by atoms with van der Waals surface area (Å²) in [5, 5.41) is 9.69. The molecule has 1 aromatic heterocycles. The predicted molar refractivity (Wildman–Crippen MR) is 115 cm³/mol. The highest BCUT2D eigenvalue weighted by atomic mass is 32.2. The van der Waals surface area contributed by atoms with Gasteiger partial charge in [0.25, 0.3) is 5.56 Å². The van der Waals surface area contributed by atoms with E-state index in [0.29, 0.717) is 5.56 Å². The molecule has 152 valence electrons. The molecule has 3 rings (SSSR count). The van der Waals surface area contributed by atoms with Crippen LogP contribution in [0.15, 0.2) is 70.9 Å². The summed E-state index contributed by atoms with van der Waals surface area (Å²) in [6, 6.07) is 13.4. The summed E-state index contributed by atoms with van der Waals surface area (Å²) in [6.07, 6.45) is 2.98. The maximum absolute atomic E-state index is 13.1. The van der Waals surface area contributed by atoms with Crippen LogP contribution in [0.3, 0.4) is 0 Å². The average molecular weight is 441 g/mol. The molecule has 1 heterocycles. The first kappa shape index (κ1) is 21.4. The van der Waals surface area contributed by atoms with Crippen molar-refractivity contribution in [1.82, 2.24) is 4.57 Å². The van der Waals surface area contributed by atoms with E-state index in [9.17, 15) is 22.9 Å². The zero-order chi connectivity index (χ0) is 21.9. The van der Waals surface area contributed by atoms with Crippen LogP contribution in [0.25, 0.3) is 11.0 Å². The number of hydrogen-bond acceptors (Lipinski definition) is 5. The average Bonchev–Trinajstić information content (AvgIpc) is 3.00. The van der Waals surface area contributed by atoms with Crippen molar-refractivity contribution in [1.29, 1.82) is 5.26 Å². The van der Waals surface area contributed by atoms with Crippen molar-refractivity contribution in [3.63, 3.8) is 0 Å². The van der Waals surface area contributed by atoms with Crippen molar-refractivity contribution in [2.45, 2.75) is 18.4 Å². The Labute approximate surface area is 176 Å². The quantitative estimate of drug-likeness (QED) is 0.571. The second-order valence-electron chi connectivity index (χ2n) is 6.43. The lowest BCUT2D eigenvalue weighted by molar-refractivity contribution is 0.605. The second kappa shape index (κ2) is 8.61. The predicted octanol–water partition coefficient (Wildman–Crippen LogP) is 2.48. The Hall–Kier alpha value is -3.28. The van der Waals surface area contributed by atoms with Crippen LogP contribution in [-0.4, -0.2) is 13.0 Å². The highest BCUT2D eigenvalue weighted by molar-refractivity contribution is 8.00. The summed E-state index contributed by atoms with van der Waals surface area (Å²) >= 11 is 0.897. The molecule has 0 aliphatic rings. The van der Waals surface area contributed by atoms with E-state index in [1.165, 1.54) is 53.1 Å². The first-order chi connectivity index (χ1) is 14.3. The third-order valence-electron chi connectivity index (χ3n) is 4.28. The second-order valence-corrected chi connectivity index (χ2v) is 9.35. The van der Waals surface area contributed by atoms with E-state index >= 15 is 0 Å². The van der Waals surface area contributed by atoms with Crippen LogP contribution in [0.1, 0.15) is 11.1 Å². The molecule has 0 saturated carbocycles. The highest BCUT2D eigenvalue weighted by Gasteiger charge is 2.24. The van der Waals surface area contributed by atoms with Gasteiger partial charge in [0, 0.05) is 6.54 Å². The summed E-state index contributed by atoms with van der Waals surface area (Å²) in [4.78, 5) is 12.3. The summed E-state index contributed by atoms with van der Waals surface area (Å²) in [5.74, 6) is -0.410. The van der Waals surface area contributed by atoms with Crippen LogP contribution < -0.4 is 14.8 Å². The lowest BCUT2D eigenvalue weighted by Gasteiger charge is -2.04. The largest absolute Gasteiger partial charge is 0.293 e. The molecule has 0 amide bonds. The maximum Gasteiger partial charge on any atom is 0.269 e. The van der Waals surface area contributed by atoms with Crippen LogP contribution >= 0.6 is 11.3 Å². The van der Waals surface area contributed by atoms with Gasteiger partial charge in [0.1, 0.15) is 16.5 Å². The van der Waals surface area contributed by atoms with E-state index < -0.39 is 26.1 Å². The van der Waals surface area contributed by atoms with Gasteiger partial charge in [0.2, 0.25) is 9.84 Å². The van der Waals surface area contributed by atoms with E-state index in [2.05, 4.69) is 6.58 Å². The van der Waals surface area contributed by atoms with Gasteiger partial charge in [-0.05, 0) is 42.8 Å². The zero-order valence-corrected chi connectivity index (χ0v) is 17.6. The molecule has 0 saturated heterocycles. The van der Waals surface area contributed by atoms with Gasteiger partial charge < -0.3 is 0 Å². The summed E-state index contributed by atoms with van der Waals surface area (Å²) < 4.78 is 40.8. The number of nitriles is 1. The number of allylic oxidation sites excluding steroid dienone is 1. The SMILES string of the molecule is C=CCn1c(=O)/c(=C/c2ccc(F)cc2)s/c1=C(\C#N)S(=O)(=O)c1ccc(C)cc1. The van der Waals surface area contributed by atoms with Gasteiger partial charge in [-0.15, -0.1) is 17.9 Å². The fraction of sp³-hybridized carbons (Fsp3) is 0.0909. The summed E-state index contributed by atoms with van der Waals surface area (Å²) in [7, 11) is -4.14. The minimum Gasteiger partial charge on any atom is -0.293 e. The fourth-order valence-electron chi connectivity index (χ4n) is 2.75. The fourth-order valence-corrected chi connectivity index (χ4v) is 5.40. The highest BCUT2D eigenvalue weighted by Crippen LogP contribution is 2.19. The Kier molecular flexibility index (Phi) is 6.15. The molecule has 0 fully saturated rings. The molecule has 0 unspecified atom stereocenters. The Bertz CT molecular complexity index is 1420. The molecule has 5 nitrogen and oxygen atoms in total. The Morgan fingerprint density at radius 2 is 1.83 bits per heavy atom. The number of rotatable bonds is 5. The van der Waals surface area contributed by atoms with Crippen LogP contribution in [0.5, 0.6) is 0 Å². The lowest BCUT2D eigenvalue weighted by atomic mass is 10.2. The number of hydrogen-bond donors (Lipinski definition) is 0. The molecular weight excluding hydrogens is 423 g/mol.